The summed E-state index contributed by atoms with van der Waals surface area (Å²) in [6.45, 7) is 10.4. The highest BCUT2D eigenvalue weighted by Crippen LogP contribution is 2.20. The van der Waals surface area contributed by atoms with Crippen molar-refractivity contribution < 1.29 is 4.74 Å². The predicted molar refractivity (Wildman–Crippen MR) is 66.9 cm³/mol. The van der Waals surface area contributed by atoms with Gasteiger partial charge in [-0.25, -0.2) is 4.98 Å². The summed E-state index contributed by atoms with van der Waals surface area (Å²) in [5.74, 6) is 0.544. The molecule has 0 amide bonds. The minimum Gasteiger partial charge on any atom is -0.376 e. The fraction of sp³-hybridized carbons (Fsp3) is 0.750. The van der Waals surface area contributed by atoms with Gasteiger partial charge < -0.3 is 4.74 Å². The number of aromatic nitrogens is 1. The first kappa shape index (κ1) is 12.0. The molecule has 0 bridgehead atoms. The third-order valence-electron chi connectivity index (χ3n) is 2.77. The summed E-state index contributed by atoms with van der Waals surface area (Å²) in [6.07, 6.45) is 0.358. The third-order valence-corrected chi connectivity index (χ3v) is 3.97. The summed E-state index contributed by atoms with van der Waals surface area (Å²) >= 11 is 1.78. The van der Waals surface area contributed by atoms with Crippen LogP contribution in [0.25, 0.3) is 0 Å². The SMILES string of the molecule is CC(C)c1nc(CN2CCO[C@H](C)C2)cs1. The second-order valence-electron chi connectivity index (χ2n) is 4.75. The Hall–Kier alpha value is -0.450. The molecule has 1 fully saturated rings. The molecule has 2 rings (SSSR count). The second-order valence-corrected chi connectivity index (χ2v) is 5.64. The molecule has 1 aliphatic heterocycles. The van der Waals surface area contributed by atoms with Crippen LogP contribution in [-0.4, -0.2) is 35.7 Å². The molecule has 3 nitrogen and oxygen atoms in total. The summed E-state index contributed by atoms with van der Waals surface area (Å²) in [6, 6.07) is 0. The van der Waals surface area contributed by atoms with Gasteiger partial charge in [-0.3, -0.25) is 4.90 Å². The molecule has 0 aromatic carbocycles. The lowest BCUT2D eigenvalue weighted by Crippen LogP contribution is -2.40. The Balaban J connectivity index is 1.92. The fourth-order valence-electron chi connectivity index (χ4n) is 1.92. The number of hydrogen-bond acceptors (Lipinski definition) is 4. The van der Waals surface area contributed by atoms with Crippen molar-refractivity contribution in [3.05, 3.63) is 16.1 Å². The van der Waals surface area contributed by atoms with Gasteiger partial charge in [0.25, 0.3) is 0 Å². The standard InChI is InChI=1S/C12H20N2OS/c1-9(2)12-13-11(8-16-12)7-14-4-5-15-10(3)6-14/h8-10H,4-7H2,1-3H3/t10-/m1/s1. The lowest BCUT2D eigenvalue weighted by Gasteiger charge is -2.30. The molecule has 4 heteroatoms. The second kappa shape index (κ2) is 5.25. The Labute approximate surface area is 101 Å². The van der Waals surface area contributed by atoms with Gasteiger partial charge in [-0.1, -0.05) is 13.8 Å². The van der Waals surface area contributed by atoms with Gasteiger partial charge in [0, 0.05) is 30.9 Å². The summed E-state index contributed by atoms with van der Waals surface area (Å²) in [4.78, 5) is 7.09. The van der Waals surface area contributed by atoms with Gasteiger partial charge in [-0.15, -0.1) is 11.3 Å². The number of nitrogens with zero attached hydrogens (tertiary/aromatic N) is 2. The number of thiazole rings is 1. The van der Waals surface area contributed by atoms with Crippen molar-refractivity contribution in [2.75, 3.05) is 19.7 Å². The van der Waals surface area contributed by atoms with Crippen molar-refractivity contribution in [2.45, 2.75) is 39.3 Å². The lowest BCUT2D eigenvalue weighted by molar-refractivity contribution is -0.0215. The molecule has 0 N–H and O–H groups in total. The van der Waals surface area contributed by atoms with E-state index in [1.54, 1.807) is 11.3 Å². The van der Waals surface area contributed by atoms with Crippen molar-refractivity contribution >= 4 is 11.3 Å². The van der Waals surface area contributed by atoms with Crippen molar-refractivity contribution in [3.63, 3.8) is 0 Å². The number of ether oxygens (including phenoxy) is 1. The van der Waals surface area contributed by atoms with Crippen LogP contribution in [-0.2, 0) is 11.3 Å². The zero-order valence-corrected chi connectivity index (χ0v) is 11.1. The zero-order valence-electron chi connectivity index (χ0n) is 10.3. The van der Waals surface area contributed by atoms with E-state index < -0.39 is 0 Å². The third kappa shape index (κ3) is 3.03. The molecule has 0 unspecified atom stereocenters. The maximum atomic E-state index is 5.53. The number of rotatable bonds is 3. The van der Waals surface area contributed by atoms with E-state index in [9.17, 15) is 0 Å². The van der Waals surface area contributed by atoms with Gasteiger partial charge in [0.05, 0.1) is 23.4 Å². The van der Waals surface area contributed by atoms with Crippen LogP contribution in [0.1, 0.15) is 37.4 Å². The van der Waals surface area contributed by atoms with Crippen LogP contribution in [0, 0.1) is 0 Å². The van der Waals surface area contributed by atoms with E-state index in [0.29, 0.717) is 12.0 Å². The summed E-state index contributed by atoms with van der Waals surface area (Å²) in [5, 5.41) is 3.44. The van der Waals surface area contributed by atoms with Crippen LogP contribution in [0.2, 0.25) is 0 Å². The molecule has 2 heterocycles. The molecule has 1 atom stereocenters. The first-order valence-electron chi connectivity index (χ1n) is 5.93. The van der Waals surface area contributed by atoms with Gasteiger partial charge in [0.2, 0.25) is 0 Å². The number of morpholine rings is 1. The van der Waals surface area contributed by atoms with Crippen molar-refractivity contribution in [2.24, 2.45) is 0 Å². The highest BCUT2D eigenvalue weighted by molar-refractivity contribution is 7.09. The molecule has 0 spiro atoms. The number of hydrogen-bond donors (Lipinski definition) is 0. The van der Waals surface area contributed by atoms with E-state index in [1.807, 2.05) is 0 Å². The quantitative estimate of drug-likeness (QED) is 0.811. The van der Waals surface area contributed by atoms with E-state index >= 15 is 0 Å². The molecule has 0 saturated carbocycles. The Bertz CT molecular complexity index is 338. The topological polar surface area (TPSA) is 25.4 Å². The van der Waals surface area contributed by atoms with Crippen molar-refractivity contribution in [3.8, 4) is 0 Å². The molecule has 1 aromatic heterocycles. The molecule has 0 aliphatic carbocycles. The van der Waals surface area contributed by atoms with Gasteiger partial charge in [-0.05, 0) is 6.92 Å². The highest BCUT2D eigenvalue weighted by Gasteiger charge is 2.17. The Morgan fingerprint density at radius 2 is 2.44 bits per heavy atom. The zero-order chi connectivity index (χ0) is 11.5. The monoisotopic (exact) mass is 240 g/mol. The van der Waals surface area contributed by atoms with Crippen LogP contribution < -0.4 is 0 Å². The average molecular weight is 240 g/mol. The maximum absolute atomic E-state index is 5.53. The lowest BCUT2D eigenvalue weighted by atomic mass is 10.2. The molecule has 1 aromatic rings. The highest BCUT2D eigenvalue weighted by atomic mass is 32.1. The Kier molecular flexibility index (Phi) is 3.95. The average Bonchev–Trinajstić information content (AvgIpc) is 2.66. The maximum Gasteiger partial charge on any atom is 0.0954 e. The minimum atomic E-state index is 0.358. The van der Waals surface area contributed by atoms with Gasteiger partial charge >= 0.3 is 0 Å². The van der Waals surface area contributed by atoms with Crippen LogP contribution in [0.15, 0.2) is 5.38 Å². The summed E-state index contributed by atoms with van der Waals surface area (Å²) in [7, 11) is 0. The van der Waals surface area contributed by atoms with Crippen LogP contribution in [0.4, 0.5) is 0 Å². The molecule has 16 heavy (non-hydrogen) atoms. The van der Waals surface area contributed by atoms with E-state index in [1.165, 1.54) is 10.7 Å². The van der Waals surface area contributed by atoms with Gasteiger partial charge in [-0.2, -0.15) is 0 Å². The van der Waals surface area contributed by atoms with E-state index in [0.717, 1.165) is 26.2 Å². The molecule has 1 saturated heterocycles. The fourth-order valence-corrected chi connectivity index (χ4v) is 2.75. The van der Waals surface area contributed by atoms with E-state index in [2.05, 4.69) is 36.0 Å². The smallest absolute Gasteiger partial charge is 0.0954 e. The van der Waals surface area contributed by atoms with Gasteiger partial charge in [0.15, 0.2) is 0 Å². The van der Waals surface area contributed by atoms with E-state index in [4.69, 9.17) is 4.74 Å². The first-order valence-corrected chi connectivity index (χ1v) is 6.81. The molecule has 0 radical (unpaired) electrons. The summed E-state index contributed by atoms with van der Waals surface area (Å²) in [5.41, 5.74) is 1.21. The van der Waals surface area contributed by atoms with Crippen molar-refractivity contribution in [1.82, 2.24) is 9.88 Å². The first-order chi connectivity index (χ1) is 7.65. The molecule has 90 valence electrons. The van der Waals surface area contributed by atoms with Crippen molar-refractivity contribution in [1.29, 1.82) is 0 Å². The molecular weight excluding hydrogens is 220 g/mol. The van der Waals surface area contributed by atoms with E-state index in [-0.39, 0.29) is 0 Å². The van der Waals surface area contributed by atoms with Crippen LogP contribution in [0.3, 0.4) is 0 Å². The van der Waals surface area contributed by atoms with Crippen LogP contribution in [0.5, 0.6) is 0 Å². The molecular formula is C12H20N2OS. The minimum absolute atomic E-state index is 0.358. The Morgan fingerprint density at radius 3 is 3.06 bits per heavy atom. The largest absolute Gasteiger partial charge is 0.376 e. The Morgan fingerprint density at radius 1 is 1.62 bits per heavy atom. The molecule has 1 aliphatic rings. The predicted octanol–water partition coefficient (Wildman–Crippen LogP) is 2.49. The van der Waals surface area contributed by atoms with Crippen LogP contribution >= 0.6 is 11.3 Å². The normalized spacial score (nSPS) is 22.9. The summed E-state index contributed by atoms with van der Waals surface area (Å²) < 4.78 is 5.53. The van der Waals surface area contributed by atoms with Gasteiger partial charge in [0.1, 0.15) is 0 Å².